The number of piperidine rings is 1. The van der Waals surface area contributed by atoms with E-state index in [2.05, 4.69) is 0 Å². The van der Waals surface area contributed by atoms with Crippen molar-refractivity contribution < 1.29 is 4.79 Å². The SMILES string of the molecule is CC(N)C(=O)N1CCC(Sc2ccc(Cl)cc2)CC1. The van der Waals surface area contributed by atoms with Crippen LogP contribution >= 0.6 is 23.4 Å². The Balaban J connectivity index is 1.83. The molecular formula is C14H19ClN2OS. The van der Waals surface area contributed by atoms with Crippen LogP contribution in [0.1, 0.15) is 19.8 Å². The van der Waals surface area contributed by atoms with Crippen molar-refractivity contribution in [3.8, 4) is 0 Å². The van der Waals surface area contributed by atoms with Crippen LogP contribution in [-0.4, -0.2) is 35.2 Å². The normalized spacial score (nSPS) is 18.4. The van der Waals surface area contributed by atoms with Crippen LogP contribution in [0.4, 0.5) is 0 Å². The fourth-order valence-corrected chi connectivity index (χ4v) is 3.44. The maximum Gasteiger partial charge on any atom is 0.239 e. The maximum absolute atomic E-state index is 11.8. The van der Waals surface area contributed by atoms with E-state index in [0.717, 1.165) is 31.0 Å². The number of nitrogens with zero attached hydrogens (tertiary/aromatic N) is 1. The fraction of sp³-hybridized carbons (Fsp3) is 0.500. The van der Waals surface area contributed by atoms with E-state index in [-0.39, 0.29) is 11.9 Å². The van der Waals surface area contributed by atoms with Gasteiger partial charge in [0, 0.05) is 28.3 Å². The summed E-state index contributed by atoms with van der Waals surface area (Å²) >= 11 is 7.74. The number of hydrogen-bond acceptors (Lipinski definition) is 3. The van der Waals surface area contributed by atoms with Crippen LogP contribution in [0.2, 0.25) is 5.02 Å². The topological polar surface area (TPSA) is 46.3 Å². The first-order valence-electron chi connectivity index (χ1n) is 6.53. The second-order valence-electron chi connectivity index (χ2n) is 4.89. The van der Waals surface area contributed by atoms with E-state index in [4.69, 9.17) is 17.3 Å². The zero-order valence-corrected chi connectivity index (χ0v) is 12.6. The predicted molar refractivity (Wildman–Crippen MR) is 80.6 cm³/mol. The lowest BCUT2D eigenvalue weighted by Gasteiger charge is -2.32. The number of carbonyl (C=O) groups is 1. The van der Waals surface area contributed by atoms with Crippen molar-refractivity contribution in [1.29, 1.82) is 0 Å². The Labute approximate surface area is 123 Å². The van der Waals surface area contributed by atoms with Gasteiger partial charge >= 0.3 is 0 Å². The molecule has 0 spiro atoms. The third-order valence-corrected chi connectivity index (χ3v) is 4.86. The monoisotopic (exact) mass is 298 g/mol. The van der Waals surface area contributed by atoms with Gasteiger partial charge in [-0.1, -0.05) is 11.6 Å². The van der Waals surface area contributed by atoms with Crippen molar-refractivity contribution >= 4 is 29.3 Å². The molecule has 1 aliphatic rings. The third-order valence-electron chi connectivity index (χ3n) is 3.26. The quantitative estimate of drug-likeness (QED) is 0.933. The van der Waals surface area contributed by atoms with Crippen LogP contribution in [-0.2, 0) is 4.79 Å². The standard InChI is InChI=1S/C14H19ClN2OS/c1-10(16)14(18)17-8-6-13(7-9-17)19-12-4-2-11(15)3-5-12/h2-5,10,13H,6-9,16H2,1H3. The molecule has 5 heteroatoms. The van der Waals surface area contributed by atoms with E-state index in [1.165, 1.54) is 4.90 Å². The molecule has 2 N–H and O–H groups in total. The molecule has 19 heavy (non-hydrogen) atoms. The minimum Gasteiger partial charge on any atom is -0.341 e. The van der Waals surface area contributed by atoms with Crippen LogP contribution in [0.25, 0.3) is 0 Å². The maximum atomic E-state index is 11.8. The number of amides is 1. The molecule has 0 aromatic heterocycles. The Morgan fingerprint density at radius 1 is 1.37 bits per heavy atom. The van der Waals surface area contributed by atoms with Crippen molar-refractivity contribution in [1.82, 2.24) is 4.90 Å². The minimum absolute atomic E-state index is 0.0648. The van der Waals surface area contributed by atoms with Gasteiger partial charge in [0.25, 0.3) is 0 Å². The second kappa shape index (κ2) is 6.64. The van der Waals surface area contributed by atoms with Gasteiger partial charge in [0.15, 0.2) is 0 Å². The molecule has 1 heterocycles. The van der Waals surface area contributed by atoms with Crippen LogP contribution < -0.4 is 5.73 Å². The lowest BCUT2D eigenvalue weighted by Crippen LogP contribution is -2.46. The van der Waals surface area contributed by atoms with E-state index in [1.54, 1.807) is 6.92 Å². The first kappa shape index (κ1) is 14.7. The van der Waals surface area contributed by atoms with Crippen molar-refractivity contribution in [2.75, 3.05) is 13.1 Å². The summed E-state index contributed by atoms with van der Waals surface area (Å²) < 4.78 is 0. The number of rotatable bonds is 3. The Morgan fingerprint density at radius 2 is 1.95 bits per heavy atom. The smallest absolute Gasteiger partial charge is 0.239 e. The molecule has 1 aliphatic heterocycles. The molecule has 3 nitrogen and oxygen atoms in total. The summed E-state index contributed by atoms with van der Waals surface area (Å²) in [7, 11) is 0. The molecule has 0 bridgehead atoms. The fourth-order valence-electron chi connectivity index (χ4n) is 2.19. The van der Waals surface area contributed by atoms with Gasteiger partial charge in [0.2, 0.25) is 5.91 Å². The second-order valence-corrected chi connectivity index (χ2v) is 6.70. The molecule has 0 aliphatic carbocycles. The number of hydrogen-bond donors (Lipinski definition) is 1. The Morgan fingerprint density at radius 3 is 2.47 bits per heavy atom. The van der Waals surface area contributed by atoms with Gasteiger partial charge < -0.3 is 10.6 Å². The highest BCUT2D eigenvalue weighted by molar-refractivity contribution is 8.00. The zero-order valence-electron chi connectivity index (χ0n) is 11.0. The number of likely N-dealkylation sites (tertiary alicyclic amines) is 1. The number of benzene rings is 1. The van der Waals surface area contributed by atoms with Crippen LogP contribution in [0, 0.1) is 0 Å². The molecule has 1 fully saturated rings. The minimum atomic E-state index is -0.388. The highest BCUT2D eigenvalue weighted by atomic mass is 35.5. The van der Waals surface area contributed by atoms with Crippen molar-refractivity contribution in [3.05, 3.63) is 29.3 Å². The van der Waals surface area contributed by atoms with E-state index in [9.17, 15) is 4.79 Å². The van der Waals surface area contributed by atoms with Crippen LogP contribution in [0.5, 0.6) is 0 Å². The van der Waals surface area contributed by atoms with Crippen molar-refractivity contribution in [3.63, 3.8) is 0 Å². The lowest BCUT2D eigenvalue weighted by molar-refractivity contribution is -0.132. The molecule has 1 aromatic carbocycles. The summed E-state index contributed by atoms with van der Waals surface area (Å²) in [6.45, 7) is 3.37. The summed E-state index contributed by atoms with van der Waals surface area (Å²) in [5.74, 6) is 0.0648. The molecule has 1 aromatic rings. The van der Waals surface area contributed by atoms with E-state index < -0.39 is 0 Å². The van der Waals surface area contributed by atoms with Crippen molar-refractivity contribution in [2.45, 2.75) is 36.0 Å². The average Bonchev–Trinajstić information content (AvgIpc) is 2.41. The summed E-state index contributed by atoms with van der Waals surface area (Å²) in [5, 5.41) is 1.33. The van der Waals surface area contributed by atoms with Gasteiger partial charge in [-0.3, -0.25) is 4.79 Å². The van der Waals surface area contributed by atoms with Crippen molar-refractivity contribution in [2.24, 2.45) is 5.73 Å². The first-order chi connectivity index (χ1) is 9.06. The molecule has 104 valence electrons. The first-order valence-corrected chi connectivity index (χ1v) is 7.78. The number of nitrogens with two attached hydrogens (primary N) is 1. The van der Waals surface area contributed by atoms with E-state index >= 15 is 0 Å². The molecule has 0 saturated carbocycles. The number of thioether (sulfide) groups is 1. The summed E-state index contributed by atoms with van der Waals surface area (Å²) in [5.41, 5.74) is 5.63. The molecule has 0 radical (unpaired) electrons. The van der Waals surface area contributed by atoms with E-state index in [1.807, 2.05) is 40.9 Å². The molecule has 1 saturated heterocycles. The Kier molecular flexibility index (Phi) is 5.13. The highest BCUT2D eigenvalue weighted by Gasteiger charge is 2.24. The predicted octanol–water partition coefficient (Wildman–Crippen LogP) is 2.77. The summed E-state index contributed by atoms with van der Waals surface area (Å²) in [6.07, 6.45) is 2.04. The largest absolute Gasteiger partial charge is 0.341 e. The Hall–Kier alpha value is -0.710. The highest BCUT2D eigenvalue weighted by Crippen LogP contribution is 2.31. The molecule has 2 rings (SSSR count). The molecule has 1 atom stereocenters. The van der Waals surface area contributed by atoms with Gasteiger partial charge in [-0.2, -0.15) is 0 Å². The van der Waals surface area contributed by atoms with Crippen LogP contribution in [0.15, 0.2) is 29.2 Å². The molecule has 1 amide bonds. The zero-order chi connectivity index (χ0) is 13.8. The van der Waals surface area contributed by atoms with E-state index in [0.29, 0.717) is 5.25 Å². The summed E-state index contributed by atoms with van der Waals surface area (Å²) in [4.78, 5) is 14.9. The molecular weight excluding hydrogens is 280 g/mol. The third kappa shape index (κ3) is 4.13. The summed E-state index contributed by atoms with van der Waals surface area (Å²) in [6, 6.07) is 7.54. The lowest BCUT2D eigenvalue weighted by atomic mass is 10.1. The van der Waals surface area contributed by atoms with Gasteiger partial charge in [-0.15, -0.1) is 11.8 Å². The van der Waals surface area contributed by atoms with Crippen LogP contribution in [0.3, 0.4) is 0 Å². The van der Waals surface area contributed by atoms with Gasteiger partial charge in [0.1, 0.15) is 0 Å². The van der Waals surface area contributed by atoms with Gasteiger partial charge in [-0.05, 0) is 44.0 Å². The number of halogens is 1. The molecule has 1 unspecified atom stereocenters. The number of carbonyl (C=O) groups excluding carboxylic acids is 1. The average molecular weight is 299 g/mol. The Bertz CT molecular complexity index is 428. The van der Waals surface area contributed by atoms with Gasteiger partial charge in [-0.25, -0.2) is 0 Å². The van der Waals surface area contributed by atoms with Gasteiger partial charge in [0.05, 0.1) is 6.04 Å².